The lowest BCUT2D eigenvalue weighted by Crippen LogP contribution is -2.30. The molecule has 0 amide bonds. The van der Waals surface area contributed by atoms with Crippen molar-refractivity contribution in [2.45, 2.75) is 427 Å². The van der Waals surface area contributed by atoms with E-state index < -0.39 is 97.5 Å². The number of carbonyl (C=O) groups is 4. The summed E-state index contributed by atoms with van der Waals surface area (Å²) in [5.41, 5.74) is 0. The average Bonchev–Trinajstić information content (AvgIpc) is 1.08. The van der Waals surface area contributed by atoms with Crippen molar-refractivity contribution < 1.29 is 80.2 Å². The zero-order valence-electron chi connectivity index (χ0n) is 65.1. The molecular formula is C80H156O17P2. The maximum absolute atomic E-state index is 13.1. The van der Waals surface area contributed by atoms with Crippen molar-refractivity contribution in [3.8, 4) is 0 Å². The molecule has 0 aromatic carbocycles. The SMILES string of the molecule is CC(C)CCCCCCCCCCCCCCCCCCCCC(=O)O[C@H](COC(=O)CCCCCCCCCCC(C)C)COP(=O)(O)OCC(O)COP(=O)(O)OC[C@@H](COC(=O)CCCCCCCCC(C)C)OC(=O)CCCCCCCCCCCCCCCCCC(C)C. The van der Waals surface area contributed by atoms with E-state index >= 15 is 0 Å². The number of ether oxygens (including phenoxy) is 4. The maximum atomic E-state index is 13.1. The lowest BCUT2D eigenvalue weighted by Gasteiger charge is -2.21. The van der Waals surface area contributed by atoms with Crippen LogP contribution in [0.2, 0.25) is 0 Å². The topological polar surface area (TPSA) is 237 Å². The van der Waals surface area contributed by atoms with Crippen molar-refractivity contribution >= 4 is 39.5 Å². The van der Waals surface area contributed by atoms with Gasteiger partial charge in [-0.2, -0.15) is 0 Å². The van der Waals surface area contributed by atoms with Gasteiger partial charge < -0.3 is 33.8 Å². The molecule has 99 heavy (non-hydrogen) atoms. The van der Waals surface area contributed by atoms with Crippen molar-refractivity contribution in [2.24, 2.45) is 23.7 Å². The predicted octanol–water partition coefficient (Wildman–Crippen LogP) is 23.6. The highest BCUT2D eigenvalue weighted by Gasteiger charge is 2.30. The molecular weight excluding hydrogens is 1290 g/mol. The molecule has 0 aliphatic carbocycles. The van der Waals surface area contributed by atoms with Crippen LogP contribution in [-0.2, 0) is 65.4 Å². The first-order chi connectivity index (χ1) is 47.6. The molecule has 0 heterocycles. The van der Waals surface area contributed by atoms with E-state index in [4.69, 9.17) is 37.0 Å². The second kappa shape index (κ2) is 69.1. The van der Waals surface area contributed by atoms with Gasteiger partial charge in [-0.3, -0.25) is 37.3 Å². The van der Waals surface area contributed by atoms with E-state index in [0.29, 0.717) is 31.6 Å². The summed E-state index contributed by atoms with van der Waals surface area (Å²) in [6.45, 7) is 14.2. The number of carbonyl (C=O) groups excluding carboxylic acids is 4. The summed E-state index contributed by atoms with van der Waals surface area (Å²) < 4.78 is 68.6. The number of unbranched alkanes of at least 4 members (excludes halogenated alkanes) is 43. The van der Waals surface area contributed by atoms with Gasteiger partial charge in [0.05, 0.1) is 26.4 Å². The number of esters is 4. The zero-order chi connectivity index (χ0) is 73.1. The van der Waals surface area contributed by atoms with Gasteiger partial charge in [-0.15, -0.1) is 0 Å². The van der Waals surface area contributed by atoms with Crippen LogP contribution in [-0.4, -0.2) is 96.7 Å². The van der Waals surface area contributed by atoms with Crippen LogP contribution >= 0.6 is 15.6 Å². The van der Waals surface area contributed by atoms with Crippen LogP contribution < -0.4 is 0 Å². The summed E-state index contributed by atoms with van der Waals surface area (Å²) in [4.78, 5) is 72.9. The first-order valence-corrected chi connectivity index (χ1v) is 44.2. The average molecular weight is 1450 g/mol. The molecule has 0 aliphatic heterocycles. The number of phosphoric ester groups is 2. The molecule has 0 saturated carbocycles. The van der Waals surface area contributed by atoms with Gasteiger partial charge in [0, 0.05) is 25.7 Å². The molecule has 0 saturated heterocycles. The molecule has 0 rings (SSSR count). The van der Waals surface area contributed by atoms with Gasteiger partial charge in [-0.05, 0) is 49.4 Å². The molecule has 17 nitrogen and oxygen atoms in total. The second-order valence-corrected chi connectivity index (χ2v) is 33.6. The van der Waals surface area contributed by atoms with Crippen molar-refractivity contribution in [1.29, 1.82) is 0 Å². The molecule has 5 atom stereocenters. The minimum Gasteiger partial charge on any atom is -0.462 e. The third kappa shape index (κ3) is 74.1. The van der Waals surface area contributed by atoms with Gasteiger partial charge >= 0.3 is 39.5 Å². The van der Waals surface area contributed by atoms with Gasteiger partial charge in [0.25, 0.3) is 0 Å². The molecule has 3 unspecified atom stereocenters. The monoisotopic (exact) mass is 1450 g/mol. The van der Waals surface area contributed by atoms with Gasteiger partial charge in [-0.25, -0.2) is 9.13 Å². The molecule has 588 valence electrons. The fourth-order valence-electron chi connectivity index (χ4n) is 12.3. The summed E-state index contributed by atoms with van der Waals surface area (Å²) >= 11 is 0. The molecule has 0 radical (unpaired) electrons. The minimum atomic E-state index is -4.96. The molecule has 0 aliphatic rings. The summed E-state index contributed by atoms with van der Waals surface area (Å²) in [7, 11) is -9.92. The van der Waals surface area contributed by atoms with E-state index in [1.54, 1.807) is 0 Å². The Morgan fingerprint density at radius 2 is 0.424 bits per heavy atom. The standard InChI is InChI=1S/C80H156O17P2/c1-70(2)56-48-40-32-26-22-18-14-11-9-10-12-16-20-24-28-36-46-54-62-79(84)96-75(66-90-77(82)60-52-44-35-31-30-34-42-50-58-72(5)6)68-94-98(86,87)92-64-74(81)65-93-99(88,89)95-69-76(67-91-78(83)61-53-45-39-38-43-51-59-73(7)8)97-80(85)63-55-47-37-29-25-21-17-13-15-19-23-27-33-41-49-57-71(3)4/h70-76,81H,9-69H2,1-8H3,(H,86,87)(H,88,89)/t74?,75-,76-/m1/s1. The van der Waals surface area contributed by atoms with Crippen LogP contribution in [0.25, 0.3) is 0 Å². The minimum absolute atomic E-state index is 0.106. The van der Waals surface area contributed by atoms with E-state index in [1.807, 2.05) is 0 Å². The molecule has 0 fully saturated rings. The lowest BCUT2D eigenvalue weighted by atomic mass is 10.0. The molecule has 3 N–H and O–H groups in total. The van der Waals surface area contributed by atoms with Gasteiger partial charge in [0.1, 0.15) is 19.3 Å². The zero-order valence-corrected chi connectivity index (χ0v) is 66.9. The van der Waals surface area contributed by atoms with Crippen molar-refractivity contribution in [3.63, 3.8) is 0 Å². The fraction of sp³-hybridized carbons (Fsp3) is 0.950. The van der Waals surface area contributed by atoms with Crippen LogP contribution in [0.4, 0.5) is 0 Å². The molecule has 19 heteroatoms. The van der Waals surface area contributed by atoms with Crippen LogP contribution in [0.3, 0.4) is 0 Å². The Kier molecular flexibility index (Phi) is 67.8. The van der Waals surface area contributed by atoms with Crippen molar-refractivity contribution in [3.05, 3.63) is 0 Å². The molecule has 0 spiro atoms. The Labute approximate surface area is 607 Å². The highest BCUT2D eigenvalue weighted by atomic mass is 31.2. The number of aliphatic hydroxyl groups is 1. The molecule has 0 aromatic rings. The number of hydrogen-bond donors (Lipinski definition) is 3. The number of aliphatic hydroxyl groups excluding tert-OH is 1. The van der Waals surface area contributed by atoms with Crippen LogP contribution in [0, 0.1) is 23.7 Å². The lowest BCUT2D eigenvalue weighted by molar-refractivity contribution is -0.161. The normalized spacial score (nSPS) is 14.1. The Morgan fingerprint density at radius 3 is 0.626 bits per heavy atom. The van der Waals surface area contributed by atoms with Gasteiger partial charge in [0.2, 0.25) is 0 Å². The van der Waals surface area contributed by atoms with E-state index in [9.17, 15) is 43.2 Å². The highest BCUT2D eigenvalue weighted by molar-refractivity contribution is 7.47. The Hall–Kier alpha value is -1.94. The fourth-order valence-corrected chi connectivity index (χ4v) is 13.8. The smallest absolute Gasteiger partial charge is 0.462 e. The van der Waals surface area contributed by atoms with Gasteiger partial charge in [0.15, 0.2) is 12.2 Å². The highest BCUT2D eigenvalue weighted by Crippen LogP contribution is 2.45. The number of phosphoric acid groups is 2. The van der Waals surface area contributed by atoms with Crippen molar-refractivity contribution in [2.75, 3.05) is 39.6 Å². The van der Waals surface area contributed by atoms with E-state index in [0.717, 1.165) is 114 Å². The summed E-state index contributed by atoms with van der Waals surface area (Å²) in [5.74, 6) is 0.910. The molecule has 0 aromatic heterocycles. The second-order valence-electron chi connectivity index (χ2n) is 30.7. The van der Waals surface area contributed by atoms with Crippen LogP contribution in [0.5, 0.6) is 0 Å². The van der Waals surface area contributed by atoms with Crippen LogP contribution in [0.1, 0.15) is 409 Å². The van der Waals surface area contributed by atoms with Gasteiger partial charge in [-0.1, -0.05) is 357 Å². The van der Waals surface area contributed by atoms with Crippen molar-refractivity contribution in [1.82, 2.24) is 0 Å². The van der Waals surface area contributed by atoms with E-state index in [2.05, 4.69) is 55.4 Å². The first-order valence-electron chi connectivity index (χ1n) is 41.2. The Morgan fingerprint density at radius 1 is 0.253 bits per heavy atom. The first kappa shape index (κ1) is 97.1. The van der Waals surface area contributed by atoms with Crippen LogP contribution in [0.15, 0.2) is 0 Å². The van der Waals surface area contributed by atoms with E-state index in [1.165, 1.54) is 205 Å². The predicted molar refractivity (Wildman–Crippen MR) is 404 cm³/mol. The summed E-state index contributed by atoms with van der Waals surface area (Å²) in [5, 5.41) is 10.6. The Balaban J connectivity index is 5.17. The number of rotatable bonds is 77. The Bertz CT molecular complexity index is 1940. The third-order valence-electron chi connectivity index (χ3n) is 18.6. The molecule has 0 bridgehead atoms. The third-order valence-corrected chi connectivity index (χ3v) is 20.5. The van der Waals surface area contributed by atoms with E-state index in [-0.39, 0.29) is 25.7 Å². The number of hydrogen-bond acceptors (Lipinski definition) is 15. The summed E-state index contributed by atoms with van der Waals surface area (Å²) in [6.07, 6.45) is 55.8. The largest absolute Gasteiger partial charge is 0.472 e. The quantitative estimate of drug-likeness (QED) is 0.0222. The summed E-state index contributed by atoms with van der Waals surface area (Å²) in [6, 6.07) is 0. The maximum Gasteiger partial charge on any atom is 0.472 e.